The average Bonchev–Trinajstić information content (AvgIpc) is 2.54. The molecule has 1 atom stereocenters. The first-order valence-corrected chi connectivity index (χ1v) is 7.66. The first-order chi connectivity index (χ1) is 10.9. The van der Waals surface area contributed by atoms with E-state index in [2.05, 4.69) is 19.9 Å². The maximum Gasteiger partial charge on any atom is 0.335 e. The summed E-state index contributed by atoms with van der Waals surface area (Å²) in [5.41, 5.74) is 2.89. The van der Waals surface area contributed by atoms with Gasteiger partial charge in [-0.05, 0) is 54.7 Å². The topological polar surface area (TPSA) is 67.5 Å². The SMILES string of the molecule is CCC(C)c1cc(C)c2oc3ccc(C(=O)O)cc3c(=O)c2c1. The maximum absolute atomic E-state index is 12.8. The van der Waals surface area contributed by atoms with Crippen molar-refractivity contribution in [3.05, 3.63) is 57.2 Å². The third-order valence-corrected chi connectivity index (χ3v) is 4.41. The normalized spacial score (nSPS) is 12.7. The molecular weight excluding hydrogens is 292 g/mol. The molecule has 0 bridgehead atoms. The highest BCUT2D eigenvalue weighted by Crippen LogP contribution is 2.27. The summed E-state index contributed by atoms with van der Waals surface area (Å²) in [6.45, 7) is 6.15. The van der Waals surface area contributed by atoms with E-state index in [0.717, 1.165) is 17.5 Å². The molecule has 2 aromatic carbocycles. The molecule has 1 heterocycles. The third kappa shape index (κ3) is 2.50. The summed E-state index contributed by atoms with van der Waals surface area (Å²) in [5.74, 6) is -0.713. The number of carboxylic acid groups (broad SMARTS) is 1. The largest absolute Gasteiger partial charge is 0.478 e. The van der Waals surface area contributed by atoms with Crippen LogP contribution in [0.25, 0.3) is 21.9 Å². The highest BCUT2D eigenvalue weighted by molar-refractivity contribution is 5.96. The maximum atomic E-state index is 12.8. The smallest absolute Gasteiger partial charge is 0.335 e. The molecule has 0 aliphatic heterocycles. The summed E-state index contributed by atoms with van der Waals surface area (Å²) in [7, 11) is 0. The van der Waals surface area contributed by atoms with E-state index in [0.29, 0.717) is 27.9 Å². The van der Waals surface area contributed by atoms with Gasteiger partial charge >= 0.3 is 5.97 Å². The monoisotopic (exact) mass is 310 g/mol. The number of aryl methyl sites for hydroxylation is 1. The van der Waals surface area contributed by atoms with Gasteiger partial charge in [-0.15, -0.1) is 0 Å². The molecular formula is C19H18O4. The lowest BCUT2D eigenvalue weighted by Gasteiger charge is -2.12. The fraction of sp³-hybridized carbons (Fsp3) is 0.263. The predicted octanol–water partition coefficient (Wildman–Crippen LogP) is 4.47. The van der Waals surface area contributed by atoms with E-state index in [4.69, 9.17) is 9.52 Å². The number of benzene rings is 2. The summed E-state index contributed by atoms with van der Waals surface area (Å²) in [4.78, 5) is 23.9. The van der Waals surface area contributed by atoms with Gasteiger partial charge in [0.05, 0.1) is 16.3 Å². The van der Waals surface area contributed by atoms with Crippen LogP contribution in [-0.2, 0) is 0 Å². The second-order valence-corrected chi connectivity index (χ2v) is 5.97. The number of hydrogen-bond donors (Lipinski definition) is 1. The van der Waals surface area contributed by atoms with Crippen LogP contribution in [0.1, 0.15) is 47.7 Å². The first kappa shape index (κ1) is 15.3. The standard InChI is InChI=1S/C19H18O4/c1-4-10(2)13-7-11(3)18-15(9-13)17(20)14-8-12(19(21)22)5-6-16(14)23-18/h5-10H,4H2,1-3H3,(H,21,22). The van der Waals surface area contributed by atoms with Crippen LogP contribution in [0.4, 0.5) is 0 Å². The second-order valence-electron chi connectivity index (χ2n) is 5.97. The molecule has 23 heavy (non-hydrogen) atoms. The fourth-order valence-corrected chi connectivity index (χ4v) is 2.81. The Morgan fingerprint density at radius 1 is 1.22 bits per heavy atom. The van der Waals surface area contributed by atoms with Crippen LogP contribution in [0.2, 0.25) is 0 Å². The second kappa shape index (κ2) is 5.54. The van der Waals surface area contributed by atoms with Crippen molar-refractivity contribution in [2.24, 2.45) is 0 Å². The molecule has 3 rings (SSSR count). The predicted molar refractivity (Wildman–Crippen MR) is 90.4 cm³/mol. The number of aromatic carboxylic acids is 1. The van der Waals surface area contributed by atoms with Crippen molar-refractivity contribution >= 4 is 27.9 Å². The van der Waals surface area contributed by atoms with Gasteiger partial charge in [-0.25, -0.2) is 4.79 Å². The summed E-state index contributed by atoms with van der Waals surface area (Å²) in [6.07, 6.45) is 0.979. The van der Waals surface area contributed by atoms with Crippen molar-refractivity contribution < 1.29 is 14.3 Å². The highest BCUT2D eigenvalue weighted by atomic mass is 16.4. The zero-order valence-corrected chi connectivity index (χ0v) is 13.3. The van der Waals surface area contributed by atoms with E-state index in [1.54, 1.807) is 6.07 Å². The molecule has 1 aromatic heterocycles. The molecule has 4 heteroatoms. The molecule has 1 N–H and O–H groups in total. The minimum absolute atomic E-state index is 0.0824. The van der Waals surface area contributed by atoms with Gasteiger partial charge in [0.2, 0.25) is 5.43 Å². The Bertz CT molecular complexity index is 982. The number of carbonyl (C=O) groups is 1. The molecule has 0 aliphatic rings. The first-order valence-electron chi connectivity index (χ1n) is 7.66. The van der Waals surface area contributed by atoms with Crippen molar-refractivity contribution in [3.8, 4) is 0 Å². The van der Waals surface area contributed by atoms with Crippen LogP contribution in [0.15, 0.2) is 39.5 Å². The van der Waals surface area contributed by atoms with Crippen LogP contribution in [0, 0.1) is 6.92 Å². The van der Waals surface area contributed by atoms with Gasteiger partial charge in [0.15, 0.2) is 0 Å². The molecule has 0 amide bonds. The van der Waals surface area contributed by atoms with Crippen LogP contribution in [0.3, 0.4) is 0 Å². The van der Waals surface area contributed by atoms with E-state index in [9.17, 15) is 9.59 Å². The number of rotatable bonds is 3. The lowest BCUT2D eigenvalue weighted by molar-refractivity contribution is 0.0697. The van der Waals surface area contributed by atoms with Crippen LogP contribution in [0.5, 0.6) is 0 Å². The molecule has 3 aromatic rings. The van der Waals surface area contributed by atoms with Crippen molar-refractivity contribution in [2.75, 3.05) is 0 Å². The zero-order valence-electron chi connectivity index (χ0n) is 13.3. The number of hydrogen-bond acceptors (Lipinski definition) is 3. The van der Waals surface area contributed by atoms with E-state index in [1.807, 2.05) is 13.0 Å². The average molecular weight is 310 g/mol. The summed E-state index contributed by atoms with van der Waals surface area (Å²) < 4.78 is 5.87. The van der Waals surface area contributed by atoms with Gasteiger partial charge in [0.25, 0.3) is 0 Å². The van der Waals surface area contributed by atoms with E-state index in [-0.39, 0.29) is 11.0 Å². The Kier molecular flexibility index (Phi) is 3.68. The van der Waals surface area contributed by atoms with Crippen molar-refractivity contribution in [1.29, 1.82) is 0 Å². The number of carboxylic acids is 1. The van der Waals surface area contributed by atoms with Crippen molar-refractivity contribution in [3.63, 3.8) is 0 Å². The molecule has 0 fully saturated rings. The Morgan fingerprint density at radius 2 is 1.96 bits per heavy atom. The van der Waals surface area contributed by atoms with Crippen LogP contribution in [-0.4, -0.2) is 11.1 Å². The van der Waals surface area contributed by atoms with Gasteiger partial charge in [-0.3, -0.25) is 4.79 Å². The Hall–Kier alpha value is -2.62. The minimum atomic E-state index is -1.06. The van der Waals surface area contributed by atoms with E-state index >= 15 is 0 Å². The van der Waals surface area contributed by atoms with Crippen molar-refractivity contribution in [2.45, 2.75) is 33.1 Å². The Labute approximate surface area is 133 Å². The summed E-state index contributed by atoms with van der Waals surface area (Å²) >= 11 is 0. The van der Waals surface area contributed by atoms with Gasteiger partial charge in [-0.1, -0.05) is 19.9 Å². The fourth-order valence-electron chi connectivity index (χ4n) is 2.81. The molecule has 0 radical (unpaired) electrons. The quantitative estimate of drug-likeness (QED) is 0.725. The number of fused-ring (bicyclic) bond motifs is 2. The molecule has 0 aliphatic carbocycles. The molecule has 0 saturated heterocycles. The molecule has 118 valence electrons. The molecule has 1 unspecified atom stereocenters. The summed E-state index contributed by atoms with van der Waals surface area (Å²) in [6, 6.07) is 8.30. The van der Waals surface area contributed by atoms with Crippen LogP contribution < -0.4 is 5.43 Å². The third-order valence-electron chi connectivity index (χ3n) is 4.41. The van der Waals surface area contributed by atoms with Crippen LogP contribution >= 0.6 is 0 Å². The summed E-state index contributed by atoms with van der Waals surface area (Å²) in [5, 5.41) is 9.92. The van der Waals surface area contributed by atoms with Crippen molar-refractivity contribution in [1.82, 2.24) is 0 Å². The van der Waals surface area contributed by atoms with Gasteiger partial charge in [0.1, 0.15) is 11.2 Å². The van der Waals surface area contributed by atoms with E-state index < -0.39 is 5.97 Å². The highest BCUT2D eigenvalue weighted by Gasteiger charge is 2.14. The molecule has 0 saturated carbocycles. The lowest BCUT2D eigenvalue weighted by Crippen LogP contribution is -2.06. The zero-order chi connectivity index (χ0) is 16.7. The van der Waals surface area contributed by atoms with Gasteiger partial charge < -0.3 is 9.52 Å². The molecule has 0 spiro atoms. The van der Waals surface area contributed by atoms with Gasteiger partial charge in [0, 0.05) is 0 Å². The molecule has 4 nitrogen and oxygen atoms in total. The van der Waals surface area contributed by atoms with E-state index in [1.165, 1.54) is 12.1 Å². The Balaban J connectivity index is 2.40. The Morgan fingerprint density at radius 3 is 2.61 bits per heavy atom. The minimum Gasteiger partial charge on any atom is -0.478 e. The van der Waals surface area contributed by atoms with Gasteiger partial charge in [-0.2, -0.15) is 0 Å². The lowest BCUT2D eigenvalue weighted by atomic mass is 9.94.